The second kappa shape index (κ2) is 5.63. The van der Waals surface area contributed by atoms with E-state index >= 15 is 0 Å². The molecule has 0 aromatic carbocycles. The second-order valence-electron chi connectivity index (χ2n) is 3.65. The number of aromatic nitrogens is 2. The molecule has 0 aliphatic carbocycles. The SMILES string of the molecule is COCC(C)N(C)Cc1cnc(N)cn1. The molecular formula is C10H18N4O. The summed E-state index contributed by atoms with van der Waals surface area (Å²) < 4.78 is 5.08. The van der Waals surface area contributed by atoms with E-state index in [2.05, 4.69) is 21.8 Å². The van der Waals surface area contributed by atoms with Gasteiger partial charge in [0.2, 0.25) is 0 Å². The van der Waals surface area contributed by atoms with Crippen LogP contribution < -0.4 is 5.73 Å². The normalized spacial score (nSPS) is 13.1. The Morgan fingerprint density at radius 1 is 1.47 bits per heavy atom. The zero-order valence-corrected chi connectivity index (χ0v) is 9.47. The Kier molecular flexibility index (Phi) is 4.45. The maximum Gasteiger partial charge on any atom is 0.141 e. The van der Waals surface area contributed by atoms with E-state index < -0.39 is 0 Å². The summed E-state index contributed by atoms with van der Waals surface area (Å²) in [6.07, 6.45) is 3.27. The molecule has 84 valence electrons. The number of rotatable bonds is 5. The Hall–Kier alpha value is -1.20. The van der Waals surface area contributed by atoms with Crippen LogP contribution >= 0.6 is 0 Å². The lowest BCUT2D eigenvalue weighted by Gasteiger charge is -2.23. The molecule has 0 amide bonds. The van der Waals surface area contributed by atoms with Gasteiger partial charge in [0, 0.05) is 19.7 Å². The number of nitrogens with zero attached hydrogens (tertiary/aromatic N) is 3. The summed E-state index contributed by atoms with van der Waals surface area (Å²) >= 11 is 0. The van der Waals surface area contributed by atoms with Crippen LogP contribution in [0.4, 0.5) is 5.82 Å². The Morgan fingerprint density at radius 3 is 2.73 bits per heavy atom. The molecule has 0 saturated carbocycles. The third kappa shape index (κ3) is 3.81. The lowest BCUT2D eigenvalue weighted by Crippen LogP contribution is -2.32. The fraction of sp³-hybridized carbons (Fsp3) is 0.600. The van der Waals surface area contributed by atoms with Crippen molar-refractivity contribution in [3.05, 3.63) is 18.1 Å². The van der Waals surface area contributed by atoms with Crippen molar-refractivity contribution in [3.8, 4) is 0 Å². The van der Waals surface area contributed by atoms with Crippen LogP contribution in [0.3, 0.4) is 0 Å². The lowest BCUT2D eigenvalue weighted by atomic mass is 10.3. The molecule has 1 rings (SSSR count). The van der Waals surface area contributed by atoms with E-state index in [-0.39, 0.29) is 0 Å². The molecule has 5 nitrogen and oxygen atoms in total. The molecule has 0 aliphatic rings. The van der Waals surface area contributed by atoms with Crippen LogP contribution in [0, 0.1) is 0 Å². The Bertz CT molecular complexity index is 288. The summed E-state index contributed by atoms with van der Waals surface area (Å²) in [5.74, 6) is 0.450. The van der Waals surface area contributed by atoms with Gasteiger partial charge in [-0.3, -0.25) is 9.88 Å². The number of methoxy groups -OCH3 is 1. The molecule has 5 heteroatoms. The summed E-state index contributed by atoms with van der Waals surface area (Å²) in [6, 6.07) is 0.356. The third-order valence-electron chi connectivity index (χ3n) is 2.30. The molecular weight excluding hydrogens is 192 g/mol. The second-order valence-corrected chi connectivity index (χ2v) is 3.65. The standard InChI is InChI=1S/C10H18N4O/c1-8(7-15-3)14(2)6-9-4-13-10(11)5-12-9/h4-5,8H,6-7H2,1-3H3,(H2,11,13). The molecule has 0 bridgehead atoms. The van der Waals surface area contributed by atoms with E-state index in [9.17, 15) is 0 Å². The number of ether oxygens (including phenoxy) is 1. The summed E-state index contributed by atoms with van der Waals surface area (Å²) in [5.41, 5.74) is 6.37. The highest BCUT2D eigenvalue weighted by Crippen LogP contribution is 2.03. The Balaban J connectivity index is 2.50. The quantitative estimate of drug-likeness (QED) is 0.767. The summed E-state index contributed by atoms with van der Waals surface area (Å²) in [5, 5.41) is 0. The van der Waals surface area contributed by atoms with Crippen LogP contribution in [0.2, 0.25) is 0 Å². The lowest BCUT2D eigenvalue weighted by molar-refractivity contribution is 0.111. The molecule has 0 radical (unpaired) electrons. The topological polar surface area (TPSA) is 64.3 Å². The molecule has 15 heavy (non-hydrogen) atoms. The highest BCUT2D eigenvalue weighted by Gasteiger charge is 2.09. The molecule has 1 unspecified atom stereocenters. The first-order valence-corrected chi connectivity index (χ1v) is 4.89. The molecule has 1 aromatic rings. The zero-order chi connectivity index (χ0) is 11.3. The number of nitrogen functional groups attached to an aromatic ring is 1. The predicted octanol–water partition coefficient (Wildman–Crippen LogP) is 0.525. The van der Waals surface area contributed by atoms with Crippen LogP contribution in [0.25, 0.3) is 0 Å². The average molecular weight is 210 g/mol. The summed E-state index contributed by atoms with van der Waals surface area (Å²) in [4.78, 5) is 10.3. The molecule has 1 atom stereocenters. The van der Waals surface area contributed by atoms with Gasteiger partial charge in [0.05, 0.1) is 24.7 Å². The van der Waals surface area contributed by atoms with Gasteiger partial charge in [0.15, 0.2) is 0 Å². The number of hydrogen-bond donors (Lipinski definition) is 1. The Labute approximate surface area is 90.3 Å². The molecule has 0 aliphatic heterocycles. The molecule has 2 N–H and O–H groups in total. The van der Waals surface area contributed by atoms with Crippen molar-refractivity contribution < 1.29 is 4.74 Å². The van der Waals surface area contributed by atoms with Gasteiger partial charge in [-0.05, 0) is 14.0 Å². The van der Waals surface area contributed by atoms with Crippen molar-refractivity contribution in [2.24, 2.45) is 0 Å². The van der Waals surface area contributed by atoms with E-state index in [0.29, 0.717) is 18.5 Å². The smallest absolute Gasteiger partial charge is 0.141 e. The van der Waals surface area contributed by atoms with Crippen molar-refractivity contribution in [2.75, 3.05) is 26.5 Å². The van der Waals surface area contributed by atoms with Gasteiger partial charge in [0.25, 0.3) is 0 Å². The van der Waals surface area contributed by atoms with Crippen LogP contribution in [0.1, 0.15) is 12.6 Å². The van der Waals surface area contributed by atoms with Crippen molar-refractivity contribution in [3.63, 3.8) is 0 Å². The summed E-state index contributed by atoms with van der Waals surface area (Å²) in [6.45, 7) is 3.56. The maximum atomic E-state index is 5.46. The molecule has 0 saturated heterocycles. The number of nitrogens with two attached hydrogens (primary N) is 1. The van der Waals surface area contributed by atoms with Gasteiger partial charge in [-0.1, -0.05) is 0 Å². The molecule has 1 aromatic heterocycles. The first-order chi connectivity index (χ1) is 7.13. The number of likely N-dealkylation sites (N-methyl/N-ethyl adjacent to an activating group) is 1. The van der Waals surface area contributed by atoms with Crippen molar-refractivity contribution in [2.45, 2.75) is 19.5 Å². The first kappa shape index (κ1) is 11.9. The van der Waals surface area contributed by atoms with Gasteiger partial charge in [-0.25, -0.2) is 4.98 Å². The van der Waals surface area contributed by atoms with Crippen molar-refractivity contribution in [1.82, 2.24) is 14.9 Å². The zero-order valence-electron chi connectivity index (χ0n) is 9.47. The monoisotopic (exact) mass is 210 g/mol. The van der Waals surface area contributed by atoms with E-state index in [4.69, 9.17) is 10.5 Å². The minimum Gasteiger partial charge on any atom is -0.383 e. The van der Waals surface area contributed by atoms with Gasteiger partial charge in [0.1, 0.15) is 5.82 Å². The summed E-state index contributed by atoms with van der Waals surface area (Å²) in [7, 11) is 3.73. The molecule has 0 fully saturated rings. The predicted molar refractivity (Wildman–Crippen MR) is 59.2 cm³/mol. The Morgan fingerprint density at radius 2 is 2.20 bits per heavy atom. The highest BCUT2D eigenvalue weighted by atomic mass is 16.5. The van der Waals surface area contributed by atoms with Crippen LogP contribution in [0.5, 0.6) is 0 Å². The van der Waals surface area contributed by atoms with Gasteiger partial charge < -0.3 is 10.5 Å². The van der Waals surface area contributed by atoms with Crippen molar-refractivity contribution in [1.29, 1.82) is 0 Å². The van der Waals surface area contributed by atoms with Crippen LogP contribution in [-0.2, 0) is 11.3 Å². The van der Waals surface area contributed by atoms with Gasteiger partial charge >= 0.3 is 0 Å². The number of anilines is 1. The van der Waals surface area contributed by atoms with E-state index in [1.54, 1.807) is 19.5 Å². The minimum atomic E-state index is 0.356. The number of hydrogen-bond acceptors (Lipinski definition) is 5. The maximum absolute atomic E-state index is 5.46. The fourth-order valence-electron chi connectivity index (χ4n) is 1.23. The van der Waals surface area contributed by atoms with Crippen molar-refractivity contribution >= 4 is 5.82 Å². The highest BCUT2D eigenvalue weighted by molar-refractivity contribution is 5.22. The minimum absolute atomic E-state index is 0.356. The fourth-order valence-corrected chi connectivity index (χ4v) is 1.23. The van der Waals surface area contributed by atoms with Crippen LogP contribution in [-0.4, -0.2) is 41.7 Å². The van der Waals surface area contributed by atoms with E-state index in [0.717, 1.165) is 12.2 Å². The largest absolute Gasteiger partial charge is 0.383 e. The molecule has 1 heterocycles. The average Bonchev–Trinajstić information content (AvgIpc) is 2.22. The van der Waals surface area contributed by atoms with E-state index in [1.165, 1.54) is 0 Å². The van der Waals surface area contributed by atoms with Gasteiger partial charge in [-0.2, -0.15) is 0 Å². The van der Waals surface area contributed by atoms with Gasteiger partial charge in [-0.15, -0.1) is 0 Å². The first-order valence-electron chi connectivity index (χ1n) is 4.89. The van der Waals surface area contributed by atoms with E-state index in [1.807, 2.05) is 7.05 Å². The third-order valence-corrected chi connectivity index (χ3v) is 2.30. The molecule has 0 spiro atoms. The van der Waals surface area contributed by atoms with Crippen LogP contribution in [0.15, 0.2) is 12.4 Å².